The van der Waals surface area contributed by atoms with E-state index in [-0.39, 0.29) is 11.3 Å². The molecule has 5 nitrogen and oxygen atoms in total. The summed E-state index contributed by atoms with van der Waals surface area (Å²) in [7, 11) is 0. The third-order valence-corrected chi connectivity index (χ3v) is 4.61. The number of rotatable bonds is 7. The van der Waals surface area contributed by atoms with Crippen molar-refractivity contribution in [3.8, 4) is 0 Å². The number of imidazole rings is 1. The quantitative estimate of drug-likeness (QED) is 0.806. The topological polar surface area (TPSA) is 72.9 Å². The second-order valence-corrected chi connectivity index (χ2v) is 6.61. The fraction of sp³-hybridized carbons (Fsp3) is 0.750. The molecule has 3 N–H and O–H groups in total. The van der Waals surface area contributed by atoms with E-state index in [2.05, 4.69) is 17.2 Å². The van der Waals surface area contributed by atoms with Crippen LogP contribution >= 0.6 is 0 Å². The highest BCUT2D eigenvalue weighted by molar-refractivity contribution is 5.76. The van der Waals surface area contributed by atoms with Crippen molar-refractivity contribution in [1.82, 2.24) is 14.9 Å². The lowest BCUT2D eigenvalue weighted by molar-refractivity contribution is -0.124. The van der Waals surface area contributed by atoms with Gasteiger partial charge in [0.25, 0.3) is 0 Å². The monoisotopic (exact) mass is 292 g/mol. The minimum atomic E-state index is 0.0515. The van der Waals surface area contributed by atoms with Crippen LogP contribution in [0.5, 0.6) is 0 Å². The van der Waals surface area contributed by atoms with Gasteiger partial charge in [-0.05, 0) is 30.7 Å². The standard InChI is InChI=1S/C16H28N4O/c1-14(11-20-8-7-18-13-20)10-19-15(21)9-16(12-17)5-3-2-4-6-16/h7-8,13-14H,2-6,9-12,17H2,1H3,(H,19,21). The molecule has 21 heavy (non-hydrogen) atoms. The summed E-state index contributed by atoms with van der Waals surface area (Å²) in [5.74, 6) is 0.545. The summed E-state index contributed by atoms with van der Waals surface area (Å²) in [5.41, 5.74) is 5.99. The molecule has 1 saturated carbocycles. The maximum Gasteiger partial charge on any atom is 0.220 e. The van der Waals surface area contributed by atoms with E-state index < -0.39 is 0 Å². The van der Waals surface area contributed by atoms with Crippen molar-refractivity contribution in [3.05, 3.63) is 18.7 Å². The number of nitrogens with two attached hydrogens (primary N) is 1. The summed E-state index contributed by atoms with van der Waals surface area (Å²) in [6.45, 7) is 4.35. The average Bonchev–Trinajstić information content (AvgIpc) is 2.99. The van der Waals surface area contributed by atoms with Gasteiger partial charge >= 0.3 is 0 Å². The number of nitrogens with one attached hydrogen (secondary N) is 1. The summed E-state index contributed by atoms with van der Waals surface area (Å²) in [6.07, 6.45) is 12.0. The van der Waals surface area contributed by atoms with Gasteiger partial charge in [-0.1, -0.05) is 26.2 Å². The van der Waals surface area contributed by atoms with Crippen LogP contribution in [0.3, 0.4) is 0 Å². The van der Waals surface area contributed by atoms with E-state index in [0.29, 0.717) is 25.4 Å². The molecule has 5 heteroatoms. The van der Waals surface area contributed by atoms with Gasteiger partial charge in [-0.3, -0.25) is 4.79 Å². The maximum atomic E-state index is 12.2. The number of hydrogen-bond donors (Lipinski definition) is 2. The SMILES string of the molecule is CC(CNC(=O)CC1(CN)CCCCC1)Cn1ccnc1. The minimum Gasteiger partial charge on any atom is -0.356 e. The van der Waals surface area contributed by atoms with Gasteiger partial charge in [0.15, 0.2) is 0 Å². The Morgan fingerprint density at radius 1 is 1.43 bits per heavy atom. The Bertz CT molecular complexity index is 423. The molecule has 2 rings (SSSR count). The molecule has 1 heterocycles. The van der Waals surface area contributed by atoms with E-state index in [1.165, 1.54) is 19.3 Å². The largest absolute Gasteiger partial charge is 0.356 e. The Morgan fingerprint density at radius 2 is 2.19 bits per heavy atom. The molecule has 1 aromatic rings. The molecule has 0 bridgehead atoms. The zero-order chi connectivity index (χ0) is 15.1. The molecule has 1 atom stereocenters. The predicted octanol–water partition coefficient (Wildman–Crippen LogP) is 1.93. The van der Waals surface area contributed by atoms with Gasteiger partial charge in [0.2, 0.25) is 5.91 Å². The zero-order valence-corrected chi connectivity index (χ0v) is 13.1. The van der Waals surface area contributed by atoms with Crippen LogP contribution < -0.4 is 11.1 Å². The van der Waals surface area contributed by atoms with Crippen LogP contribution in [0.25, 0.3) is 0 Å². The molecule has 1 aliphatic rings. The third kappa shape index (κ3) is 4.84. The predicted molar refractivity (Wildman–Crippen MR) is 83.6 cm³/mol. The van der Waals surface area contributed by atoms with Crippen molar-refractivity contribution in [2.24, 2.45) is 17.1 Å². The van der Waals surface area contributed by atoms with Gasteiger partial charge in [0.1, 0.15) is 0 Å². The number of carbonyl (C=O) groups is 1. The normalized spacial score (nSPS) is 19.1. The summed E-state index contributed by atoms with van der Waals surface area (Å²) in [6, 6.07) is 0. The summed E-state index contributed by atoms with van der Waals surface area (Å²) >= 11 is 0. The Hall–Kier alpha value is -1.36. The van der Waals surface area contributed by atoms with Crippen molar-refractivity contribution >= 4 is 5.91 Å². The van der Waals surface area contributed by atoms with Crippen molar-refractivity contribution in [2.45, 2.75) is 52.0 Å². The second-order valence-electron chi connectivity index (χ2n) is 6.61. The molecule has 0 spiro atoms. The van der Waals surface area contributed by atoms with Crippen LogP contribution in [0.2, 0.25) is 0 Å². The van der Waals surface area contributed by atoms with E-state index in [9.17, 15) is 4.79 Å². The summed E-state index contributed by atoms with van der Waals surface area (Å²) < 4.78 is 2.04. The molecule has 0 aromatic carbocycles. The van der Waals surface area contributed by atoms with Crippen LogP contribution in [-0.4, -0.2) is 28.5 Å². The lowest BCUT2D eigenvalue weighted by Crippen LogP contribution is -2.39. The van der Waals surface area contributed by atoms with E-state index >= 15 is 0 Å². The molecule has 118 valence electrons. The molecular weight excluding hydrogens is 264 g/mol. The van der Waals surface area contributed by atoms with Crippen LogP contribution in [0, 0.1) is 11.3 Å². The van der Waals surface area contributed by atoms with Crippen molar-refractivity contribution in [1.29, 1.82) is 0 Å². The van der Waals surface area contributed by atoms with Gasteiger partial charge < -0.3 is 15.6 Å². The van der Waals surface area contributed by atoms with Gasteiger partial charge in [0, 0.05) is 31.9 Å². The van der Waals surface area contributed by atoms with Crippen molar-refractivity contribution in [3.63, 3.8) is 0 Å². The first kappa shape index (κ1) is 16.0. The van der Waals surface area contributed by atoms with Crippen LogP contribution in [0.15, 0.2) is 18.7 Å². The molecule has 1 fully saturated rings. The van der Waals surface area contributed by atoms with Gasteiger partial charge in [-0.2, -0.15) is 0 Å². The van der Waals surface area contributed by atoms with Crippen LogP contribution in [0.4, 0.5) is 0 Å². The average molecular weight is 292 g/mol. The van der Waals surface area contributed by atoms with E-state index in [1.54, 1.807) is 6.20 Å². The Balaban J connectivity index is 1.73. The lowest BCUT2D eigenvalue weighted by Gasteiger charge is -2.35. The van der Waals surface area contributed by atoms with Gasteiger partial charge in [-0.25, -0.2) is 4.98 Å². The third-order valence-electron chi connectivity index (χ3n) is 4.61. The number of nitrogens with zero attached hydrogens (tertiary/aromatic N) is 2. The van der Waals surface area contributed by atoms with Crippen molar-refractivity contribution < 1.29 is 4.79 Å². The fourth-order valence-corrected chi connectivity index (χ4v) is 3.27. The molecule has 1 aromatic heterocycles. The first-order valence-electron chi connectivity index (χ1n) is 8.06. The number of amides is 1. The van der Waals surface area contributed by atoms with E-state index in [4.69, 9.17) is 5.73 Å². The number of carbonyl (C=O) groups excluding carboxylic acids is 1. The van der Waals surface area contributed by atoms with Crippen LogP contribution in [0.1, 0.15) is 45.4 Å². The van der Waals surface area contributed by atoms with E-state index in [0.717, 1.165) is 19.4 Å². The Labute approximate surface area is 127 Å². The summed E-state index contributed by atoms with van der Waals surface area (Å²) in [5, 5.41) is 3.07. The first-order valence-corrected chi connectivity index (χ1v) is 8.06. The molecule has 0 aliphatic heterocycles. The molecule has 0 saturated heterocycles. The Morgan fingerprint density at radius 3 is 2.81 bits per heavy atom. The lowest BCUT2D eigenvalue weighted by atomic mass is 9.71. The second kappa shape index (κ2) is 7.59. The van der Waals surface area contributed by atoms with Crippen LogP contribution in [-0.2, 0) is 11.3 Å². The molecule has 1 amide bonds. The molecular formula is C16H28N4O. The Kier molecular flexibility index (Phi) is 5.79. The van der Waals surface area contributed by atoms with Gasteiger partial charge in [-0.15, -0.1) is 0 Å². The van der Waals surface area contributed by atoms with Crippen molar-refractivity contribution in [2.75, 3.05) is 13.1 Å². The maximum absolute atomic E-state index is 12.2. The molecule has 1 unspecified atom stereocenters. The number of hydrogen-bond acceptors (Lipinski definition) is 3. The van der Waals surface area contributed by atoms with Gasteiger partial charge in [0.05, 0.1) is 6.33 Å². The number of aromatic nitrogens is 2. The minimum absolute atomic E-state index is 0.0515. The molecule has 0 radical (unpaired) electrons. The highest BCUT2D eigenvalue weighted by Gasteiger charge is 2.32. The zero-order valence-electron chi connectivity index (χ0n) is 13.1. The smallest absolute Gasteiger partial charge is 0.220 e. The fourth-order valence-electron chi connectivity index (χ4n) is 3.27. The summed E-state index contributed by atoms with van der Waals surface area (Å²) in [4.78, 5) is 16.2. The highest BCUT2D eigenvalue weighted by atomic mass is 16.1. The molecule has 1 aliphatic carbocycles. The first-order chi connectivity index (χ1) is 10.1. The highest BCUT2D eigenvalue weighted by Crippen LogP contribution is 2.38. The van der Waals surface area contributed by atoms with E-state index in [1.807, 2.05) is 17.1 Å².